The lowest BCUT2D eigenvalue weighted by molar-refractivity contribution is -0.137. The summed E-state index contributed by atoms with van der Waals surface area (Å²) in [5, 5.41) is 0. The molecule has 0 bridgehead atoms. The van der Waals surface area contributed by atoms with Gasteiger partial charge in [0.25, 0.3) is 0 Å². The molecule has 1 N–H and O–H groups in total. The van der Waals surface area contributed by atoms with E-state index in [9.17, 15) is 13.2 Å². The van der Waals surface area contributed by atoms with Gasteiger partial charge < -0.3 is 4.98 Å². The summed E-state index contributed by atoms with van der Waals surface area (Å²) in [7, 11) is 0. The first-order chi connectivity index (χ1) is 10.4. The first-order valence-corrected chi connectivity index (χ1v) is 7.35. The summed E-state index contributed by atoms with van der Waals surface area (Å²) in [4.78, 5) is 3.10. The summed E-state index contributed by atoms with van der Waals surface area (Å²) < 4.78 is 39.3. The number of benzene rings is 2. The topological polar surface area (TPSA) is 15.8 Å². The summed E-state index contributed by atoms with van der Waals surface area (Å²) in [6, 6.07) is 14.9. The molecule has 0 spiro atoms. The average molecular weight is 366 g/mol. The third kappa shape index (κ3) is 3.09. The van der Waals surface area contributed by atoms with Gasteiger partial charge in [-0.2, -0.15) is 13.2 Å². The average Bonchev–Trinajstić information content (AvgIpc) is 2.97. The number of halogens is 4. The van der Waals surface area contributed by atoms with E-state index in [4.69, 9.17) is 0 Å². The van der Waals surface area contributed by atoms with Crippen molar-refractivity contribution < 1.29 is 13.2 Å². The van der Waals surface area contributed by atoms with Gasteiger partial charge in [-0.25, -0.2) is 0 Å². The van der Waals surface area contributed by atoms with Crippen LogP contribution in [-0.4, -0.2) is 4.98 Å². The molecule has 0 fully saturated rings. The van der Waals surface area contributed by atoms with Gasteiger partial charge in [0, 0.05) is 16.4 Å². The van der Waals surface area contributed by atoms with Gasteiger partial charge in [0.2, 0.25) is 0 Å². The molecular weight excluding hydrogens is 355 g/mol. The molecule has 5 heteroatoms. The van der Waals surface area contributed by atoms with E-state index < -0.39 is 11.7 Å². The maximum atomic E-state index is 12.8. The third-order valence-electron chi connectivity index (χ3n) is 3.36. The molecule has 2 aromatic carbocycles. The lowest BCUT2D eigenvalue weighted by Gasteiger charge is -2.07. The van der Waals surface area contributed by atoms with E-state index in [1.165, 1.54) is 6.07 Å². The van der Waals surface area contributed by atoms with Crippen molar-refractivity contribution in [2.45, 2.75) is 6.18 Å². The number of aromatic nitrogens is 1. The van der Waals surface area contributed by atoms with Crippen LogP contribution in [0, 0.1) is 0 Å². The Bertz CT molecular complexity index is 788. The zero-order valence-electron chi connectivity index (χ0n) is 11.3. The number of nitrogens with one attached hydrogen (secondary N) is 1. The fraction of sp³-hybridized carbons (Fsp3) is 0.0588. The van der Waals surface area contributed by atoms with Crippen molar-refractivity contribution in [1.82, 2.24) is 4.98 Å². The molecule has 0 atom stereocenters. The van der Waals surface area contributed by atoms with Crippen LogP contribution in [0.2, 0.25) is 0 Å². The molecule has 0 aliphatic carbocycles. The number of hydrogen-bond donors (Lipinski definition) is 1. The van der Waals surface area contributed by atoms with Crippen LogP contribution in [0.5, 0.6) is 0 Å². The van der Waals surface area contributed by atoms with Crippen LogP contribution in [0.15, 0.2) is 65.3 Å². The number of alkyl halides is 3. The Balaban J connectivity index is 1.96. The maximum absolute atomic E-state index is 12.8. The standard InChI is InChI=1S/C17H11BrF3N/c18-15-6-4-11(5-7-15)16-9-13(10-22-16)12-2-1-3-14(8-12)17(19,20)21/h1-10,22H. The van der Waals surface area contributed by atoms with Gasteiger partial charge in [-0.05, 0) is 47.0 Å². The van der Waals surface area contributed by atoms with E-state index in [1.54, 1.807) is 12.3 Å². The molecule has 0 amide bonds. The van der Waals surface area contributed by atoms with Crippen molar-refractivity contribution in [3.63, 3.8) is 0 Å². The largest absolute Gasteiger partial charge is 0.416 e. The Hall–Kier alpha value is -2.01. The zero-order valence-corrected chi connectivity index (χ0v) is 12.9. The number of aromatic amines is 1. The lowest BCUT2D eigenvalue weighted by Crippen LogP contribution is -2.04. The van der Waals surface area contributed by atoms with Gasteiger partial charge in [-0.15, -0.1) is 0 Å². The SMILES string of the molecule is FC(F)(F)c1cccc(-c2c[nH]c(-c3ccc(Br)cc3)c2)c1. The van der Waals surface area contributed by atoms with Gasteiger partial charge in [0.15, 0.2) is 0 Å². The normalized spacial score (nSPS) is 11.6. The fourth-order valence-electron chi connectivity index (χ4n) is 2.23. The molecule has 22 heavy (non-hydrogen) atoms. The van der Waals surface area contributed by atoms with E-state index >= 15 is 0 Å². The van der Waals surface area contributed by atoms with Crippen LogP contribution in [0.4, 0.5) is 13.2 Å². The molecule has 1 aromatic heterocycles. The summed E-state index contributed by atoms with van der Waals surface area (Å²) in [6.45, 7) is 0. The minimum Gasteiger partial charge on any atom is -0.361 e. The molecule has 0 saturated carbocycles. The van der Waals surface area contributed by atoms with E-state index in [0.29, 0.717) is 5.56 Å². The van der Waals surface area contributed by atoms with Crippen molar-refractivity contribution >= 4 is 15.9 Å². The smallest absolute Gasteiger partial charge is 0.361 e. The van der Waals surface area contributed by atoms with E-state index in [-0.39, 0.29) is 0 Å². The van der Waals surface area contributed by atoms with Crippen LogP contribution in [0.3, 0.4) is 0 Å². The van der Waals surface area contributed by atoms with E-state index in [2.05, 4.69) is 20.9 Å². The predicted molar refractivity (Wildman–Crippen MR) is 84.4 cm³/mol. The van der Waals surface area contributed by atoms with Crippen LogP contribution in [-0.2, 0) is 6.18 Å². The molecule has 1 heterocycles. The van der Waals surface area contributed by atoms with Crippen molar-refractivity contribution in [3.05, 3.63) is 70.8 Å². The highest BCUT2D eigenvalue weighted by Crippen LogP contribution is 2.33. The number of H-pyrrole nitrogens is 1. The van der Waals surface area contributed by atoms with Gasteiger partial charge in [-0.3, -0.25) is 0 Å². The van der Waals surface area contributed by atoms with Gasteiger partial charge >= 0.3 is 6.18 Å². The number of rotatable bonds is 2. The molecular formula is C17H11BrF3N. The highest BCUT2D eigenvalue weighted by molar-refractivity contribution is 9.10. The molecule has 0 saturated heterocycles. The summed E-state index contributed by atoms with van der Waals surface area (Å²) in [5.74, 6) is 0. The Morgan fingerprint density at radius 3 is 2.23 bits per heavy atom. The van der Waals surface area contributed by atoms with Crippen LogP contribution < -0.4 is 0 Å². The zero-order chi connectivity index (χ0) is 15.7. The summed E-state index contributed by atoms with van der Waals surface area (Å²) in [5.41, 5.74) is 2.45. The van der Waals surface area contributed by atoms with Crippen molar-refractivity contribution in [2.75, 3.05) is 0 Å². The quantitative estimate of drug-likeness (QED) is 0.562. The van der Waals surface area contributed by atoms with Gasteiger partial charge in [0.05, 0.1) is 5.56 Å². The molecule has 0 unspecified atom stereocenters. The Morgan fingerprint density at radius 2 is 1.55 bits per heavy atom. The minimum atomic E-state index is -4.33. The third-order valence-corrected chi connectivity index (χ3v) is 3.89. The van der Waals surface area contributed by atoms with Crippen molar-refractivity contribution in [2.24, 2.45) is 0 Å². The number of hydrogen-bond acceptors (Lipinski definition) is 0. The highest BCUT2D eigenvalue weighted by Gasteiger charge is 2.30. The second-order valence-electron chi connectivity index (χ2n) is 4.89. The Morgan fingerprint density at radius 1 is 0.818 bits per heavy atom. The first kappa shape index (κ1) is 14.9. The van der Waals surface area contributed by atoms with E-state index in [0.717, 1.165) is 33.4 Å². The molecule has 112 valence electrons. The Kier molecular flexibility index (Phi) is 3.83. The molecule has 0 radical (unpaired) electrons. The second kappa shape index (κ2) is 5.65. The fourth-order valence-corrected chi connectivity index (χ4v) is 2.50. The second-order valence-corrected chi connectivity index (χ2v) is 5.80. The van der Waals surface area contributed by atoms with E-state index in [1.807, 2.05) is 30.3 Å². The minimum absolute atomic E-state index is 0.537. The molecule has 3 rings (SSSR count). The van der Waals surface area contributed by atoms with Crippen molar-refractivity contribution in [1.29, 1.82) is 0 Å². The van der Waals surface area contributed by atoms with Crippen LogP contribution in [0.25, 0.3) is 22.4 Å². The molecule has 0 aliphatic heterocycles. The van der Waals surface area contributed by atoms with Gasteiger partial charge in [0.1, 0.15) is 0 Å². The summed E-state index contributed by atoms with van der Waals surface area (Å²) >= 11 is 3.37. The van der Waals surface area contributed by atoms with Crippen LogP contribution >= 0.6 is 15.9 Å². The highest BCUT2D eigenvalue weighted by atomic mass is 79.9. The molecule has 3 aromatic rings. The first-order valence-electron chi connectivity index (χ1n) is 6.55. The monoisotopic (exact) mass is 365 g/mol. The maximum Gasteiger partial charge on any atom is 0.416 e. The van der Waals surface area contributed by atoms with Gasteiger partial charge in [-0.1, -0.05) is 40.2 Å². The van der Waals surface area contributed by atoms with Crippen LogP contribution in [0.1, 0.15) is 5.56 Å². The molecule has 1 nitrogen and oxygen atoms in total. The lowest BCUT2D eigenvalue weighted by atomic mass is 10.0. The molecule has 0 aliphatic rings. The Labute approximate surface area is 133 Å². The summed E-state index contributed by atoms with van der Waals surface area (Å²) in [6.07, 6.45) is -2.62. The van der Waals surface area contributed by atoms with Crippen molar-refractivity contribution in [3.8, 4) is 22.4 Å². The predicted octanol–water partition coefficient (Wildman–Crippen LogP) is 6.13.